The highest BCUT2D eigenvalue weighted by Crippen LogP contribution is 2.32. The number of methoxy groups -OCH3 is 1. The Kier molecular flexibility index (Phi) is 5.79. The molecule has 0 N–H and O–H groups in total. The van der Waals surface area contributed by atoms with Gasteiger partial charge in [-0.3, -0.25) is 4.79 Å². The molecule has 0 saturated carbocycles. The molecule has 0 unspecified atom stereocenters. The maximum Gasteiger partial charge on any atom is 0.273 e. The number of carbonyl (C=O) groups is 1. The highest BCUT2D eigenvalue weighted by Gasteiger charge is 2.17. The number of aromatic nitrogens is 1. The van der Waals surface area contributed by atoms with Crippen molar-refractivity contribution in [1.82, 2.24) is 4.98 Å². The summed E-state index contributed by atoms with van der Waals surface area (Å²) in [5.74, 6) is 0.476. The Labute approximate surface area is 176 Å². The van der Waals surface area contributed by atoms with Gasteiger partial charge in [0.2, 0.25) is 5.13 Å². The van der Waals surface area contributed by atoms with Crippen LogP contribution in [0.25, 0.3) is 16.3 Å². The van der Waals surface area contributed by atoms with E-state index in [0.29, 0.717) is 5.13 Å². The van der Waals surface area contributed by atoms with Crippen molar-refractivity contribution < 1.29 is 9.53 Å². The number of carbonyl (C=O) groups excluding carboxylic acids is 1. The topological polar surface area (TPSA) is 54.8 Å². The van der Waals surface area contributed by atoms with E-state index in [1.165, 1.54) is 22.4 Å². The molecule has 0 atom stereocenters. The van der Waals surface area contributed by atoms with Gasteiger partial charge in [0.05, 0.1) is 23.5 Å². The van der Waals surface area contributed by atoms with Crippen LogP contribution in [-0.2, 0) is 4.79 Å². The zero-order valence-electron chi connectivity index (χ0n) is 15.6. The molecule has 0 bridgehead atoms. The highest BCUT2D eigenvalue weighted by molar-refractivity contribution is 7.22. The molecule has 0 aliphatic heterocycles. The van der Waals surface area contributed by atoms with Crippen molar-refractivity contribution in [3.05, 3.63) is 82.6 Å². The number of rotatable bonds is 6. The number of amides is 1. The molecule has 0 aliphatic carbocycles. The Morgan fingerprint density at radius 2 is 2.00 bits per heavy atom. The lowest BCUT2D eigenvalue weighted by Gasteiger charge is -2.10. The SMILES string of the molecule is COc1ccc2nc(N(/N=C/c3cccs3)C(=O)/C=C/c3ccccc3)sc2c1. The van der Waals surface area contributed by atoms with Crippen LogP contribution >= 0.6 is 22.7 Å². The van der Waals surface area contributed by atoms with Crippen LogP contribution in [0.15, 0.2) is 77.2 Å². The van der Waals surface area contributed by atoms with Gasteiger partial charge in [-0.25, -0.2) is 4.98 Å². The van der Waals surface area contributed by atoms with Gasteiger partial charge < -0.3 is 4.74 Å². The first kappa shape index (κ1) is 19.0. The van der Waals surface area contributed by atoms with Gasteiger partial charge in [0, 0.05) is 11.0 Å². The lowest BCUT2D eigenvalue weighted by atomic mass is 10.2. The van der Waals surface area contributed by atoms with Crippen LogP contribution in [-0.4, -0.2) is 24.2 Å². The fourth-order valence-corrected chi connectivity index (χ4v) is 4.13. The van der Waals surface area contributed by atoms with E-state index in [9.17, 15) is 4.79 Å². The van der Waals surface area contributed by atoms with E-state index in [1.807, 2.05) is 66.0 Å². The molecule has 5 nitrogen and oxygen atoms in total. The molecule has 2 heterocycles. The standard InChI is InChI=1S/C22H17N3O2S2/c1-27-17-10-11-19-20(14-17)29-22(24-19)25(23-15-18-8-5-13-28-18)21(26)12-9-16-6-3-2-4-7-16/h2-15H,1H3/b12-9+,23-15+. The molecule has 0 aliphatic rings. The van der Waals surface area contributed by atoms with Crippen molar-refractivity contribution in [1.29, 1.82) is 0 Å². The largest absolute Gasteiger partial charge is 0.497 e. The fraction of sp³-hybridized carbons (Fsp3) is 0.0455. The predicted octanol–water partition coefficient (Wildman–Crippen LogP) is 5.45. The monoisotopic (exact) mass is 419 g/mol. The van der Waals surface area contributed by atoms with Crippen molar-refractivity contribution in [2.75, 3.05) is 12.1 Å². The Bertz CT molecular complexity index is 1170. The van der Waals surface area contributed by atoms with Crippen molar-refractivity contribution in [3.8, 4) is 5.75 Å². The van der Waals surface area contributed by atoms with E-state index in [0.717, 1.165) is 26.4 Å². The average molecular weight is 420 g/mol. The second kappa shape index (κ2) is 8.81. The van der Waals surface area contributed by atoms with E-state index in [4.69, 9.17) is 4.74 Å². The summed E-state index contributed by atoms with van der Waals surface area (Å²) in [5.41, 5.74) is 1.74. The van der Waals surface area contributed by atoms with Crippen LogP contribution in [0.2, 0.25) is 0 Å². The third-order valence-corrected chi connectivity index (χ3v) is 5.84. The number of fused-ring (bicyclic) bond motifs is 1. The molecule has 0 radical (unpaired) electrons. The van der Waals surface area contributed by atoms with Crippen molar-refractivity contribution in [2.45, 2.75) is 0 Å². The Morgan fingerprint density at radius 3 is 2.76 bits per heavy atom. The molecule has 0 saturated heterocycles. The Morgan fingerprint density at radius 1 is 1.14 bits per heavy atom. The van der Waals surface area contributed by atoms with Crippen LogP contribution < -0.4 is 9.75 Å². The minimum absolute atomic E-state index is 0.271. The van der Waals surface area contributed by atoms with Crippen molar-refractivity contribution >= 4 is 56.2 Å². The van der Waals surface area contributed by atoms with Gasteiger partial charge in [0.15, 0.2) is 0 Å². The molecule has 1 amide bonds. The van der Waals surface area contributed by atoms with E-state index in [1.54, 1.807) is 30.7 Å². The molecule has 7 heteroatoms. The molecule has 0 spiro atoms. The lowest BCUT2D eigenvalue weighted by Crippen LogP contribution is -2.23. The molecular formula is C22H17N3O2S2. The lowest BCUT2D eigenvalue weighted by molar-refractivity contribution is -0.114. The molecule has 29 heavy (non-hydrogen) atoms. The van der Waals surface area contributed by atoms with Crippen LogP contribution in [0, 0.1) is 0 Å². The molecule has 4 aromatic rings. The van der Waals surface area contributed by atoms with Crippen molar-refractivity contribution in [2.24, 2.45) is 5.10 Å². The second-order valence-electron chi connectivity index (χ2n) is 5.98. The predicted molar refractivity (Wildman–Crippen MR) is 121 cm³/mol. The smallest absolute Gasteiger partial charge is 0.273 e. The number of hydrogen-bond donors (Lipinski definition) is 0. The zero-order valence-corrected chi connectivity index (χ0v) is 17.2. The van der Waals surface area contributed by atoms with E-state index in [-0.39, 0.29) is 5.91 Å². The first-order valence-corrected chi connectivity index (χ1v) is 10.5. The van der Waals surface area contributed by atoms with Gasteiger partial charge in [-0.1, -0.05) is 47.7 Å². The summed E-state index contributed by atoms with van der Waals surface area (Å²) >= 11 is 2.95. The van der Waals surface area contributed by atoms with Crippen LogP contribution in [0.4, 0.5) is 5.13 Å². The van der Waals surface area contributed by atoms with E-state index in [2.05, 4.69) is 10.1 Å². The normalized spacial score (nSPS) is 11.5. The number of nitrogens with zero attached hydrogens (tertiary/aromatic N) is 3. The molecule has 144 valence electrons. The van der Waals surface area contributed by atoms with Crippen molar-refractivity contribution in [3.63, 3.8) is 0 Å². The van der Waals surface area contributed by atoms with Crippen LogP contribution in [0.3, 0.4) is 0 Å². The van der Waals surface area contributed by atoms with Gasteiger partial charge in [-0.05, 0) is 41.3 Å². The summed E-state index contributed by atoms with van der Waals surface area (Å²) in [6, 6.07) is 19.2. The fourth-order valence-electron chi connectivity index (χ4n) is 2.59. The van der Waals surface area contributed by atoms with Gasteiger partial charge in [0.25, 0.3) is 5.91 Å². The quantitative estimate of drug-likeness (QED) is 0.237. The third-order valence-electron chi connectivity index (χ3n) is 4.04. The average Bonchev–Trinajstić information content (AvgIpc) is 3.42. The molecule has 2 aromatic carbocycles. The van der Waals surface area contributed by atoms with E-state index >= 15 is 0 Å². The maximum atomic E-state index is 12.9. The number of benzene rings is 2. The first-order chi connectivity index (χ1) is 14.2. The summed E-state index contributed by atoms with van der Waals surface area (Å²) in [6.07, 6.45) is 4.95. The maximum absolute atomic E-state index is 12.9. The van der Waals surface area contributed by atoms with Crippen LogP contribution in [0.1, 0.15) is 10.4 Å². The Balaban J connectivity index is 1.68. The summed E-state index contributed by atoms with van der Waals surface area (Å²) in [4.78, 5) is 18.5. The molecular weight excluding hydrogens is 402 g/mol. The second-order valence-corrected chi connectivity index (χ2v) is 7.97. The third kappa shape index (κ3) is 4.59. The zero-order chi connectivity index (χ0) is 20.1. The Hall–Kier alpha value is -3.29. The van der Waals surface area contributed by atoms with Gasteiger partial charge in [-0.2, -0.15) is 10.1 Å². The molecule has 2 aromatic heterocycles. The highest BCUT2D eigenvalue weighted by atomic mass is 32.1. The number of thiazole rings is 1. The van der Waals surface area contributed by atoms with E-state index < -0.39 is 0 Å². The first-order valence-electron chi connectivity index (χ1n) is 8.82. The molecule has 4 rings (SSSR count). The number of ether oxygens (including phenoxy) is 1. The number of hydrogen-bond acceptors (Lipinski definition) is 6. The van der Waals surface area contributed by atoms with Gasteiger partial charge >= 0.3 is 0 Å². The number of hydrazone groups is 1. The van der Waals surface area contributed by atoms with Gasteiger partial charge in [0.1, 0.15) is 5.75 Å². The minimum Gasteiger partial charge on any atom is -0.497 e. The summed E-state index contributed by atoms with van der Waals surface area (Å²) in [5, 5.41) is 8.22. The minimum atomic E-state index is -0.271. The summed E-state index contributed by atoms with van der Waals surface area (Å²) in [6.45, 7) is 0. The number of anilines is 1. The number of thiophene rings is 1. The molecule has 0 fully saturated rings. The van der Waals surface area contributed by atoms with Gasteiger partial charge in [-0.15, -0.1) is 11.3 Å². The van der Waals surface area contributed by atoms with Crippen LogP contribution in [0.5, 0.6) is 5.75 Å². The summed E-state index contributed by atoms with van der Waals surface area (Å²) < 4.78 is 6.21. The summed E-state index contributed by atoms with van der Waals surface area (Å²) in [7, 11) is 1.62.